The molecular weight excluding hydrogens is 280 g/mol. The van der Waals surface area contributed by atoms with Crippen molar-refractivity contribution in [2.45, 2.75) is 12.8 Å². The summed E-state index contributed by atoms with van der Waals surface area (Å²) in [6.45, 7) is 0.127. The Morgan fingerprint density at radius 3 is 2.29 bits per heavy atom. The Morgan fingerprint density at radius 1 is 1.19 bits per heavy atom. The zero-order chi connectivity index (χ0) is 15.8. The number of rotatable bonds is 8. The number of amides is 1. The quantitative estimate of drug-likeness (QED) is 0.543. The lowest BCUT2D eigenvalue weighted by Gasteiger charge is -2.21. The van der Waals surface area contributed by atoms with Crippen molar-refractivity contribution in [1.82, 2.24) is 4.90 Å². The number of hydrogen-bond acceptors (Lipinski definition) is 5. The lowest BCUT2D eigenvalue weighted by Crippen LogP contribution is -2.34. The van der Waals surface area contributed by atoms with E-state index >= 15 is 0 Å². The number of aliphatic hydroxyl groups is 1. The molecule has 0 aliphatic carbocycles. The molecule has 0 aliphatic rings. The van der Waals surface area contributed by atoms with Crippen molar-refractivity contribution < 1.29 is 24.7 Å². The van der Waals surface area contributed by atoms with Gasteiger partial charge in [-0.2, -0.15) is 0 Å². The van der Waals surface area contributed by atoms with Crippen LogP contribution in [0.25, 0.3) is 0 Å². The van der Waals surface area contributed by atoms with Crippen LogP contribution in [0, 0.1) is 10.1 Å². The first-order valence-corrected chi connectivity index (χ1v) is 6.32. The first-order chi connectivity index (χ1) is 9.95. The van der Waals surface area contributed by atoms with Gasteiger partial charge in [-0.25, -0.2) is 0 Å². The van der Waals surface area contributed by atoms with Crippen LogP contribution in [0.15, 0.2) is 24.3 Å². The SMILES string of the molecule is O=C(O)CCN(CCCO)C(=O)c1ccc([N+](=O)[O-])cc1. The fourth-order valence-electron chi connectivity index (χ4n) is 1.72. The fourth-order valence-corrected chi connectivity index (χ4v) is 1.72. The molecule has 114 valence electrons. The lowest BCUT2D eigenvalue weighted by atomic mass is 10.1. The van der Waals surface area contributed by atoms with Crippen LogP contribution in [0.3, 0.4) is 0 Å². The molecular formula is C13H16N2O6. The van der Waals surface area contributed by atoms with Gasteiger partial charge in [-0.3, -0.25) is 19.7 Å². The van der Waals surface area contributed by atoms with E-state index in [1.54, 1.807) is 0 Å². The number of nitrogens with zero attached hydrogens (tertiary/aromatic N) is 2. The van der Waals surface area contributed by atoms with Gasteiger partial charge in [0.2, 0.25) is 0 Å². The molecule has 0 atom stereocenters. The van der Waals surface area contributed by atoms with Crippen molar-refractivity contribution in [3.8, 4) is 0 Å². The third-order valence-electron chi connectivity index (χ3n) is 2.79. The third-order valence-corrected chi connectivity index (χ3v) is 2.79. The van der Waals surface area contributed by atoms with E-state index in [4.69, 9.17) is 10.2 Å². The number of aliphatic hydroxyl groups excluding tert-OH is 1. The summed E-state index contributed by atoms with van der Waals surface area (Å²) in [5, 5.41) is 28.0. The molecule has 0 spiro atoms. The zero-order valence-corrected chi connectivity index (χ0v) is 11.3. The van der Waals surface area contributed by atoms with Gasteiger partial charge in [0.05, 0.1) is 11.3 Å². The molecule has 0 fully saturated rings. The molecule has 0 saturated heterocycles. The molecule has 0 unspecified atom stereocenters. The first kappa shape index (κ1) is 16.6. The van der Waals surface area contributed by atoms with Gasteiger partial charge in [0.15, 0.2) is 0 Å². The van der Waals surface area contributed by atoms with E-state index in [0.717, 1.165) is 0 Å². The van der Waals surface area contributed by atoms with Crippen LogP contribution in [0.4, 0.5) is 5.69 Å². The standard InChI is InChI=1S/C13H16N2O6/c16-9-1-7-14(8-6-12(17)18)13(19)10-2-4-11(5-3-10)15(20)21/h2-5,16H,1,6-9H2,(H,17,18). The predicted octanol–water partition coefficient (Wildman–Crippen LogP) is 0.894. The molecule has 0 radical (unpaired) electrons. The number of nitro groups is 1. The van der Waals surface area contributed by atoms with Crippen molar-refractivity contribution >= 4 is 17.6 Å². The Bertz CT molecular complexity index is 514. The van der Waals surface area contributed by atoms with Gasteiger partial charge in [-0.15, -0.1) is 0 Å². The number of benzene rings is 1. The molecule has 0 bridgehead atoms. The maximum atomic E-state index is 12.2. The van der Waals surface area contributed by atoms with Gasteiger partial charge < -0.3 is 15.1 Å². The summed E-state index contributed by atoms with van der Waals surface area (Å²) in [5.74, 6) is -1.44. The van der Waals surface area contributed by atoms with Crippen molar-refractivity contribution in [1.29, 1.82) is 0 Å². The van der Waals surface area contributed by atoms with Gasteiger partial charge in [0.1, 0.15) is 0 Å². The summed E-state index contributed by atoms with van der Waals surface area (Å²) >= 11 is 0. The molecule has 2 N–H and O–H groups in total. The highest BCUT2D eigenvalue weighted by atomic mass is 16.6. The first-order valence-electron chi connectivity index (χ1n) is 6.32. The monoisotopic (exact) mass is 296 g/mol. The number of carboxylic acids is 1. The second-order valence-corrected chi connectivity index (χ2v) is 4.32. The Morgan fingerprint density at radius 2 is 1.81 bits per heavy atom. The normalized spacial score (nSPS) is 10.1. The molecule has 21 heavy (non-hydrogen) atoms. The maximum absolute atomic E-state index is 12.2. The van der Waals surface area contributed by atoms with Crippen LogP contribution >= 0.6 is 0 Å². The number of carboxylic acid groups (broad SMARTS) is 1. The molecule has 1 rings (SSSR count). The molecule has 0 saturated carbocycles. The molecule has 8 heteroatoms. The summed E-state index contributed by atoms with van der Waals surface area (Å²) in [6, 6.07) is 5.09. The lowest BCUT2D eigenvalue weighted by molar-refractivity contribution is -0.384. The van der Waals surface area contributed by atoms with E-state index in [9.17, 15) is 19.7 Å². The molecule has 0 heterocycles. The van der Waals surface area contributed by atoms with Gasteiger partial charge in [-0.05, 0) is 18.6 Å². The average Bonchev–Trinajstić information content (AvgIpc) is 2.46. The summed E-state index contributed by atoms with van der Waals surface area (Å²) in [7, 11) is 0. The fraction of sp³-hybridized carbons (Fsp3) is 0.385. The third kappa shape index (κ3) is 5.19. The van der Waals surface area contributed by atoms with Crippen LogP contribution in [0.5, 0.6) is 0 Å². The van der Waals surface area contributed by atoms with Crippen LogP contribution < -0.4 is 0 Å². The van der Waals surface area contributed by atoms with Crippen molar-refractivity contribution in [3.63, 3.8) is 0 Å². The largest absolute Gasteiger partial charge is 0.481 e. The highest BCUT2D eigenvalue weighted by Crippen LogP contribution is 2.14. The van der Waals surface area contributed by atoms with Crippen molar-refractivity contribution in [2.24, 2.45) is 0 Å². The van der Waals surface area contributed by atoms with E-state index < -0.39 is 16.8 Å². The second kappa shape index (κ2) is 7.95. The topological polar surface area (TPSA) is 121 Å². The molecule has 8 nitrogen and oxygen atoms in total. The minimum atomic E-state index is -1.03. The Kier molecular flexibility index (Phi) is 6.28. The summed E-state index contributed by atoms with van der Waals surface area (Å²) in [4.78, 5) is 34.1. The number of carbonyl (C=O) groups is 2. The van der Waals surface area contributed by atoms with Gasteiger partial charge >= 0.3 is 5.97 Å². The zero-order valence-electron chi connectivity index (χ0n) is 11.3. The maximum Gasteiger partial charge on any atom is 0.305 e. The summed E-state index contributed by atoms with van der Waals surface area (Å²) in [5.41, 5.74) is 0.114. The number of aliphatic carboxylic acids is 1. The highest BCUT2D eigenvalue weighted by molar-refractivity contribution is 5.94. The van der Waals surface area contributed by atoms with E-state index in [0.29, 0.717) is 6.42 Å². The van der Waals surface area contributed by atoms with E-state index in [2.05, 4.69) is 0 Å². The smallest absolute Gasteiger partial charge is 0.305 e. The molecule has 0 aromatic heterocycles. The van der Waals surface area contributed by atoms with Crippen LogP contribution in [-0.4, -0.2) is 51.6 Å². The minimum Gasteiger partial charge on any atom is -0.481 e. The Hall–Kier alpha value is -2.48. The number of non-ortho nitro benzene ring substituents is 1. The average molecular weight is 296 g/mol. The highest BCUT2D eigenvalue weighted by Gasteiger charge is 2.17. The van der Waals surface area contributed by atoms with Gasteiger partial charge in [0.25, 0.3) is 11.6 Å². The van der Waals surface area contributed by atoms with E-state index in [1.807, 2.05) is 0 Å². The molecule has 0 aliphatic heterocycles. The van der Waals surface area contributed by atoms with Crippen LogP contribution in [0.1, 0.15) is 23.2 Å². The second-order valence-electron chi connectivity index (χ2n) is 4.32. The van der Waals surface area contributed by atoms with Crippen molar-refractivity contribution in [2.75, 3.05) is 19.7 Å². The molecule has 1 amide bonds. The van der Waals surface area contributed by atoms with Crippen LogP contribution in [0.2, 0.25) is 0 Å². The van der Waals surface area contributed by atoms with Gasteiger partial charge in [0, 0.05) is 37.4 Å². The Balaban J connectivity index is 2.82. The molecule has 1 aromatic rings. The predicted molar refractivity (Wildman–Crippen MR) is 73.0 cm³/mol. The van der Waals surface area contributed by atoms with Gasteiger partial charge in [-0.1, -0.05) is 0 Å². The summed E-state index contributed by atoms with van der Waals surface area (Å²) in [6.07, 6.45) is 0.127. The minimum absolute atomic E-state index is 0.0190. The molecule has 1 aromatic carbocycles. The van der Waals surface area contributed by atoms with E-state index in [1.165, 1.54) is 29.2 Å². The Labute approximate surface area is 120 Å². The number of hydrogen-bond donors (Lipinski definition) is 2. The summed E-state index contributed by atoms with van der Waals surface area (Å²) < 4.78 is 0. The van der Waals surface area contributed by atoms with Crippen molar-refractivity contribution in [3.05, 3.63) is 39.9 Å². The van der Waals surface area contributed by atoms with Crippen LogP contribution in [-0.2, 0) is 4.79 Å². The number of nitro benzene ring substituents is 1. The van der Waals surface area contributed by atoms with E-state index in [-0.39, 0.29) is 37.4 Å². The number of carbonyl (C=O) groups excluding carboxylic acids is 1.